The molecular weight excluding hydrogens is 214 g/mol. The second-order valence-corrected chi connectivity index (χ2v) is 4.64. The number of nitrogens with two attached hydrogens (primary N) is 1. The van der Waals surface area contributed by atoms with Crippen molar-refractivity contribution in [2.75, 3.05) is 43.9 Å². The average Bonchev–Trinajstić information content (AvgIpc) is 2.73. The molecule has 3 rings (SSSR count). The number of H-pyrrole nitrogens is 1. The zero-order chi connectivity index (χ0) is 11.8. The minimum atomic E-state index is 0.786. The standard InChI is InChI=1S/C12H17N5/c1-16-4-6-17(7-5-16)12-10-8-9(13)2-3-11(10)14-15-12/h2-3,8H,4-7,13H2,1H3,(H,14,15). The van der Waals surface area contributed by atoms with Gasteiger partial charge in [-0.1, -0.05) is 0 Å². The van der Waals surface area contributed by atoms with Crippen LogP contribution in [0.4, 0.5) is 11.5 Å². The Bertz CT molecular complexity index is 525. The third-order valence-electron chi connectivity index (χ3n) is 3.37. The van der Waals surface area contributed by atoms with Gasteiger partial charge in [-0.05, 0) is 25.2 Å². The van der Waals surface area contributed by atoms with Crippen LogP contribution in [0.2, 0.25) is 0 Å². The summed E-state index contributed by atoms with van der Waals surface area (Å²) in [6.07, 6.45) is 0. The molecule has 0 amide bonds. The number of nitrogens with one attached hydrogen (secondary N) is 1. The van der Waals surface area contributed by atoms with Gasteiger partial charge in [-0.2, -0.15) is 5.10 Å². The van der Waals surface area contributed by atoms with E-state index in [4.69, 9.17) is 5.73 Å². The van der Waals surface area contributed by atoms with Gasteiger partial charge in [-0.3, -0.25) is 5.10 Å². The number of aromatic amines is 1. The summed E-state index contributed by atoms with van der Waals surface area (Å²) in [7, 11) is 2.15. The minimum Gasteiger partial charge on any atom is -0.399 e. The Morgan fingerprint density at radius 3 is 2.76 bits per heavy atom. The Balaban J connectivity index is 1.97. The minimum absolute atomic E-state index is 0.786. The van der Waals surface area contributed by atoms with Crippen molar-refractivity contribution in [3.05, 3.63) is 18.2 Å². The van der Waals surface area contributed by atoms with Gasteiger partial charge in [-0.25, -0.2) is 0 Å². The van der Waals surface area contributed by atoms with E-state index in [0.29, 0.717) is 0 Å². The SMILES string of the molecule is CN1CCN(c2n[nH]c3ccc(N)cc23)CC1. The zero-order valence-corrected chi connectivity index (χ0v) is 9.98. The van der Waals surface area contributed by atoms with Crippen molar-refractivity contribution in [1.82, 2.24) is 15.1 Å². The Labute approximate surface area is 100 Å². The van der Waals surface area contributed by atoms with Gasteiger partial charge in [0.05, 0.1) is 5.52 Å². The molecule has 5 heteroatoms. The highest BCUT2D eigenvalue weighted by Gasteiger charge is 2.18. The predicted molar refractivity (Wildman–Crippen MR) is 70.2 cm³/mol. The van der Waals surface area contributed by atoms with Crippen LogP contribution < -0.4 is 10.6 Å². The van der Waals surface area contributed by atoms with Crippen molar-refractivity contribution in [3.63, 3.8) is 0 Å². The van der Waals surface area contributed by atoms with Gasteiger partial charge in [0.1, 0.15) is 0 Å². The molecule has 90 valence electrons. The van der Waals surface area contributed by atoms with E-state index < -0.39 is 0 Å². The Morgan fingerprint density at radius 1 is 1.24 bits per heavy atom. The van der Waals surface area contributed by atoms with Crippen LogP contribution in [0.15, 0.2) is 18.2 Å². The van der Waals surface area contributed by atoms with Crippen LogP contribution in [0.1, 0.15) is 0 Å². The molecule has 1 aromatic heterocycles. The lowest BCUT2D eigenvalue weighted by Crippen LogP contribution is -2.44. The molecule has 0 atom stereocenters. The molecule has 2 aromatic rings. The molecule has 1 fully saturated rings. The molecule has 5 nitrogen and oxygen atoms in total. The smallest absolute Gasteiger partial charge is 0.158 e. The van der Waals surface area contributed by atoms with Gasteiger partial charge in [-0.15, -0.1) is 0 Å². The summed E-state index contributed by atoms with van der Waals surface area (Å²) >= 11 is 0. The van der Waals surface area contributed by atoms with Gasteiger partial charge in [0.25, 0.3) is 0 Å². The third-order valence-corrected chi connectivity index (χ3v) is 3.37. The fraction of sp³-hybridized carbons (Fsp3) is 0.417. The maximum absolute atomic E-state index is 5.84. The number of anilines is 2. The number of fused-ring (bicyclic) bond motifs is 1. The van der Waals surface area contributed by atoms with E-state index in [-0.39, 0.29) is 0 Å². The van der Waals surface area contributed by atoms with E-state index in [0.717, 1.165) is 48.6 Å². The molecule has 2 heterocycles. The van der Waals surface area contributed by atoms with Crippen molar-refractivity contribution >= 4 is 22.4 Å². The number of piperazine rings is 1. The van der Waals surface area contributed by atoms with Gasteiger partial charge in [0.2, 0.25) is 0 Å². The van der Waals surface area contributed by atoms with Gasteiger partial charge in [0.15, 0.2) is 5.82 Å². The summed E-state index contributed by atoms with van der Waals surface area (Å²) < 4.78 is 0. The van der Waals surface area contributed by atoms with Crippen LogP contribution >= 0.6 is 0 Å². The normalized spacial score (nSPS) is 17.8. The lowest BCUT2D eigenvalue weighted by atomic mass is 10.2. The summed E-state index contributed by atoms with van der Waals surface area (Å²) in [5.74, 6) is 1.03. The molecular formula is C12H17N5. The monoisotopic (exact) mass is 231 g/mol. The second-order valence-electron chi connectivity index (χ2n) is 4.64. The summed E-state index contributed by atoms with van der Waals surface area (Å²) in [5, 5.41) is 8.60. The number of likely N-dealkylation sites (N-methyl/N-ethyl adjacent to an activating group) is 1. The summed E-state index contributed by atoms with van der Waals surface area (Å²) in [6, 6.07) is 5.87. The number of benzene rings is 1. The average molecular weight is 231 g/mol. The van der Waals surface area contributed by atoms with Crippen LogP contribution in [0.5, 0.6) is 0 Å². The molecule has 0 unspecified atom stereocenters. The number of nitrogens with zero attached hydrogens (tertiary/aromatic N) is 3. The van der Waals surface area contributed by atoms with E-state index in [2.05, 4.69) is 27.0 Å². The highest BCUT2D eigenvalue weighted by molar-refractivity contribution is 5.92. The Kier molecular flexibility index (Phi) is 2.40. The molecule has 1 saturated heterocycles. The van der Waals surface area contributed by atoms with Crippen LogP contribution in [0.3, 0.4) is 0 Å². The van der Waals surface area contributed by atoms with E-state index in [1.807, 2.05) is 18.2 Å². The predicted octanol–water partition coefficient (Wildman–Crippen LogP) is 0.897. The lowest BCUT2D eigenvalue weighted by Gasteiger charge is -2.32. The molecule has 17 heavy (non-hydrogen) atoms. The molecule has 1 aliphatic heterocycles. The summed E-state index contributed by atoms with van der Waals surface area (Å²) in [4.78, 5) is 4.65. The van der Waals surface area contributed by atoms with Crippen molar-refractivity contribution in [2.24, 2.45) is 0 Å². The number of nitrogen functional groups attached to an aromatic ring is 1. The highest BCUT2D eigenvalue weighted by Crippen LogP contribution is 2.26. The number of rotatable bonds is 1. The zero-order valence-electron chi connectivity index (χ0n) is 9.98. The first kappa shape index (κ1) is 10.4. The van der Waals surface area contributed by atoms with E-state index >= 15 is 0 Å². The molecule has 1 aliphatic rings. The first-order valence-electron chi connectivity index (χ1n) is 5.91. The number of hydrogen-bond acceptors (Lipinski definition) is 4. The molecule has 0 radical (unpaired) electrons. The van der Waals surface area contributed by atoms with Gasteiger partial charge in [0, 0.05) is 37.3 Å². The lowest BCUT2D eigenvalue weighted by molar-refractivity contribution is 0.312. The maximum Gasteiger partial charge on any atom is 0.158 e. The largest absolute Gasteiger partial charge is 0.399 e. The van der Waals surface area contributed by atoms with Crippen molar-refractivity contribution in [1.29, 1.82) is 0 Å². The van der Waals surface area contributed by atoms with E-state index in [9.17, 15) is 0 Å². The second kappa shape index (κ2) is 3.92. The number of hydrogen-bond donors (Lipinski definition) is 2. The molecule has 0 aliphatic carbocycles. The first-order valence-corrected chi connectivity index (χ1v) is 5.91. The van der Waals surface area contributed by atoms with Crippen LogP contribution in [0.25, 0.3) is 10.9 Å². The van der Waals surface area contributed by atoms with Gasteiger partial charge < -0.3 is 15.5 Å². The number of aromatic nitrogens is 2. The first-order chi connectivity index (χ1) is 8.24. The summed E-state index contributed by atoms with van der Waals surface area (Å²) in [6.45, 7) is 4.20. The molecule has 3 N–H and O–H groups in total. The fourth-order valence-electron chi connectivity index (χ4n) is 2.28. The van der Waals surface area contributed by atoms with Crippen LogP contribution in [-0.4, -0.2) is 48.3 Å². The molecule has 0 saturated carbocycles. The fourth-order valence-corrected chi connectivity index (χ4v) is 2.28. The van der Waals surface area contributed by atoms with E-state index in [1.165, 1.54) is 0 Å². The van der Waals surface area contributed by atoms with Crippen LogP contribution in [-0.2, 0) is 0 Å². The molecule has 0 spiro atoms. The Morgan fingerprint density at radius 2 is 2.00 bits per heavy atom. The Hall–Kier alpha value is -1.75. The maximum atomic E-state index is 5.84. The molecule has 0 bridgehead atoms. The van der Waals surface area contributed by atoms with E-state index in [1.54, 1.807) is 0 Å². The van der Waals surface area contributed by atoms with Gasteiger partial charge >= 0.3 is 0 Å². The molecule has 1 aromatic carbocycles. The van der Waals surface area contributed by atoms with Crippen molar-refractivity contribution in [3.8, 4) is 0 Å². The highest BCUT2D eigenvalue weighted by atomic mass is 15.3. The quantitative estimate of drug-likeness (QED) is 0.716. The topological polar surface area (TPSA) is 61.2 Å². The third kappa shape index (κ3) is 1.82. The van der Waals surface area contributed by atoms with Crippen molar-refractivity contribution < 1.29 is 0 Å². The van der Waals surface area contributed by atoms with Crippen molar-refractivity contribution in [2.45, 2.75) is 0 Å². The summed E-state index contributed by atoms with van der Waals surface area (Å²) in [5.41, 5.74) is 7.67. The van der Waals surface area contributed by atoms with Crippen LogP contribution in [0, 0.1) is 0 Å².